The summed E-state index contributed by atoms with van der Waals surface area (Å²) in [6.45, 7) is 3.59. The van der Waals surface area contributed by atoms with Crippen LogP contribution in [-0.2, 0) is 5.54 Å². The van der Waals surface area contributed by atoms with Crippen molar-refractivity contribution < 1.29 is 8.78 Å². The highest BCUT2D eigenvalue weighted by molar-refractivity contribution is 5.41. The molecule has 0 aliphatic rings. The van der Waals surface area contributed by atoms with Crippen LogP contribution in [0.4, 0.5) is 8.78 Å². The number of aryl methyl sites for hydroxylation is 1. The Kier molecular flexibility index (Phi) is 3.18. The highest BCUT2D eigenvalue weighted by atomic mass is 19.1. The third kappa shape index (κ3) is 2.27. The summed E-state index contributed by atoms with van der Waals surface area (Å²) in [5.74, 6) is -0.629. The number of rotatable bonds is 2. The molecule has 0 spiro atoms. The number of halogens is 2. The largest absolute Gasteiger partial charge is 0.318 e. The van der Waals surface area contributed by atoms with E-state index in [4.69, 9.17) is 5.73 Å². The highest BCUT2D eigenvalue weighted by Crippen LogP contribution is 2.29. The maximum Gasteiger partial charge on any atom is 0.123 e. The first-order valence-electron chi connectivity index (χ1n) is 5.73. The summed E-state index contributed by atoms with van der Waals surface area (Å²) in [5, 5.41) is 0. The van der Waals surface area contributed by atoms with Gasteiger partial charge in [0.1, 0.15) is 11.6 Å². The lowest BCUT2D eigenvalue weighted by Gasteiger charge is -2.27. The molecule has 0 bridgehead atoms. The molecule has 18 heavy (non-hydrogen) atoms. The Morgan fingerprint density at radius 1 is 1.00 bits per heavy atom. The van der Waals surface area contributed by atoms with Gasteiger partial charge in [-0.2, -0.15) is 0 Å². The molecule has 2 rings (SSSR count). The Bertz CT molecular complexity index is 576. The summed E-state index contributed by atoms with van der Waals surface area (Å²) in [7, 11) is 0. The number of hydrogen-bond donors (Lipinski definition) is 1. The van der Waals surface area contributed by atoms with E-state index in [2.05, 4.69) is 0 Å². The van der Waals surface area contributed by atoms with Gasteiger partial charge in [-0.3, -0.25) is 0 Å². The van der Waals surface area contributed by atoms with Crippen LogP contribution in [-0.4, -0.2) is 0 Å². The molecule has 3 heteroatoms. The molecule has 0 saturated heterocycles. The van der Waals surface area contributed by atoms with Gasteiger partial charge in [0, 0.05) is 0 Å². The summed E-state index contributed by atoms with van der Waals surface area (Å²) < 4.78 is 26.4. The van der Waals surface area contributed by atoms with Gasteiger partial charge in [0.05, 0.1) is 5.54 Å². The Balaban J connectivity index is 2.53. The molecular weight excluding hydrogens is 232 g/mol. The lowest BCUT2D eigenvalue weighted by molar-refractivity contribution is 0.573. The summed E-state index contributed by atoms with van der Waals surface area (Å²) in [6.07, 6.45) is 0. The van der Waals surface area contributed by atoms with Crippen molar-refractivity contribution in [1.29, 1.82) is 0 Å². The standard InChI is InChI=1S/C15H15F2N/c1-10-8-13(17)6-7-14(10)15(2,18)11-4-3-5-12(16)9-11/h3-9H,18H2,1-2H3. The van der Waals surface area contributed by atoms with Gasteiger partial charge in [0.25, 0.3) is 0 Å². The molecule has 1 unspecified atom stereocenters. The predicted molar refractivity (Wildman–Crippen MR) is 68.2 cm³/mol. The van der Waals surface area contributed by atoms with E-state index >= 15 is 0 Å². The quantitative estimate of drug-likeness (QED) is 0.863. The molecule has 94 valence electrons. The normalized spacial score (nSPS) is 14.3. The first-order chi connectivity index (χ1) is 8.41. The lowest BCUT2D eigenvalue weighted by Crippen LogP contribution is -2.35. The van der Waals surface area contributed by atoms with Gasteiger partial charge in [-0.05, 0) is 54.8 Å². The molecule has 2 aromatic rings. The molecule has 0 amide bonds. The molecule has 1 nitrogen and oxygen atoms in total. The summed E-state index contributed by atoms with van der Waals surface area (Å²) in [5.41, 5.74) is 7.65. The zero-order chi connectivity index (χ0) is 13.3. The van der Waals surface area contributed by atoms with Gasteiger partial charge in [-0.1, -0.05) is 18.2 Å². The number of benzene rings is 2. The summed E-state index contributed by atoms with van der Waals surface area (Å²) in [6, 6.07) is 10.6. The van der Waals surface area contributed by atoms with Crippen LogP contribution in [0.3, 0.4) is 0 Å². The van der Waals surface area contributed by atoms with E-state index in [0.717, 1.165) is 11.1 Å². The second-order valence-corrected chi connectivity index (χ2v) is 4.67. The van der Waals surface area contributed by atoms with Crippen LogP contribution in [0.25, 0.3) is 0 Å². The van der Waals surface area contributed by atoms with E-state index in [1.807, 2.05) is 0 Å². The third-order valence-corrected chi connectivity index (χ3v) is 3.17. The van der Waals surface area contributed by atoms with Gasteiger partial charge in [-0.25, -0.2) is 8.78 Å². The number of hydrogen-bond acceptors (Lipinski definition) is 1. The molecule has 0 aliphatic heterocycles. The molecule has 2 N–H and O–H groups in total. The summed E-state index contributed by atoms with van der Waals surface area (Å²) in [4.78, 5) is 0. The first kappa shape index (κ1) is 12.7. The van der Waals surface area contributed by atoms with Crippen molar-refractivity contribution in [2.24, 2.45) is 5.73 Å². The molecule has 0 aliphatic carbocycles. The zero-order valence-corrected chi connectivity index (χ0v) is 10.4. The fraction of sp³-hybridized carbons (Fsp3) is 0.200. The van der Waals surface area contributed by atoms with Crippen molar-refractivity contribution in [2.45, 2.75) is 19.4 Å². The van der Waals surface area contributed by atoms with Crippen LogP contribution < -0.4 is 5.73 Å². The van der Waals surface area contributed by atoms with E-state index < -0.39 is 5.54 Å². The molecule has 0 fully saturated rings. The molecule has 0 heterocycles. The Hall–Kier alpha value is -1.74. The van der Waals surface area contributed by atoms with Crippen LogP contribution in [0.5, 0.6) is 0 Å². The van der Waals surface area contributed by atoms with Crippen molar-refractivity contribution in [3.63, 3.8) is 0 Å². The van der Waals surface area contributed by atoms with E-state index in [0.29, 0.717) is 5.56 Å². The van der Waals surface area contributed by atoms with Crippen LogP contribution in [0.2, 0.25) is 0 Å². The maximum absolute atomic E-state index is 13.3. The average molecular weight is 247 g/mol. The molecule has 0 aromatic heterocycles. The van der Waals surface area contributed by atoms with Crippen LogP contribution in [0.1, 0.15) is 23.6 Å². The van der Waals surface area contributed by atoms with Gasteiger partial charge >= 0.3 is 0 Å². The van der Waals surface area contributed by atoms with Gasteiger partial charge in [0.2, 0.25) is 0 Å². The second-order valence-electron chi connectivity index (χ2n) is 4.67. The van der Waals surface area contributed by atoms with Crippen molar-refractivity contribution in [1.82, 2.24) is 0 Å². The van der Waals surface area contributed by atoms with Crippen molar-refractivity contribution >= 4 is 0 Å². The van der Waals surface area contributed by atoms with Gasteiger partial charge in [-0.15, -0.1) is 0 Å². The molecule has 1 atom stereocenters. The second kappa shape index (κ2) is 4.50. The van der Waals surface area contributed by atoms with E-state index in [1.165, 1.54) is 24.3 Å². The predicted octanol–water partition coefficient (Wildman–Crippen LogP) is 3.50. The minimum absolute atomic E-state index is 0.300. The molecule has 0 saturated carbocycles. The number of nitrogens with two attached hydrogens (primary N) is 1. The molecule has 2 aromatic carbocycles. The highest BCUT2D eigenvalue weighted by Gasteiger charge is 2.25. The van der Waals surface area contributed by atoms with Crippen LogP contribution in [0, 0.1) is 18.6 Å². The van der Waals surface area contributed by atoms with E-state index in [-0.39, 0.29) is 11.6 Å². The van der Waals surface area contributed by atoms with Crippen LogP contribution in [0.15, 0.2) is 42.5 Å². The van der Waals surface area contributed by atoms with Crippen molar-refractivity contribution in [3.8, 4) is 0 Å². The minimum Gasteiger partial charge on any atom is -0.318 e. The smallest absolute Gasteiger partial charge is 0.123 e. The maximum atomic E-state index is 13.3. The third-order valence-electron chi connectivity index (χ3n) is 3.17. The lowest BCUT2D eigenvalue weighted by atomic mass is 9.83. The molecule has 0 radical (unpaired) electrons. The minimum atomic E-state index is -0.847. The Morgan fingerprint density at radius 2 is 1.67 bits per heavy atom. The molecular formula is C15H15F2N. The van der Waals surface area contributed by atoms with Crippen molar-refractivity contribution in [3.05, 3.63) is 70.8 Å². The first-order valence-corrected chi connectivity index (χ1v) is 5.73. The Morgan fingerprint density at radius 3 is 2.28 bits per heavy atom. The van der Waals surface area contributed by atoms with Gasteiger partial charge in [0.15, 0.2) is 0 Å². The van der Waals surface area contributed by atoms with Crippen LogP contribution >= 0.6 is 0 Å². The van der Waals surface area contributed by atoms with Gasteiger partial charge < -0.3 is 5.73 Å². The fourth-order valence-electron chi connectivity index (χ4n) is 2.18. The fourth-order valence-corrected chi connectivity index (χ4v) is 2.18. The van der Waals surface area contributed by atoms with E-state index in [9.17, 15) is 8.78 Å². The van der Waals surface area contributed by atoms with E-state index in [1.54, 1.807) is 32.0 Å². The van der Waals surface area contributed by atoms with Crippen molar-refractivity contribution in [2.75, 3.05) is 0 Å². The Labute approximate surface area is 105 Å². The zero-order valence-electron chi connectivity index (χ0n) is 10.4. The monoisotopic (exact) mass is 247 g/mol. The topological polar surface area (TPSA) is 26.0 Å². The SMILES string of the molecule is Cc1cc(F)ccc1C(C)(N)c1cccc(F)c1. The summed E-state index contributed by atoms with van der Waals surface area (Å²) >= 11 is 0. The average Bonchev–Trinajstić information content (AvgIpc) is 2.28.